The van der Waals surface area contributed by atoms with E-state index in [0.29, 0.717) is 28.4 Å². The molecule has 2 aromatic carbocycles. The number of halogens is 1. The number of anilines is 1. The lowest BCUT2D eigenvalue weighted by atomic mass is 10.1. The minimum Gasteiger partial charge on any atom is -0.508 e. The van der Waals surface area contributed by atoms with Crippen LogP contribution in [0.2, 0.25) is 5.02 Å². The molecule has 0 atom stereocenters. The summed E-state index contributed by atoms with van der Waals surface area (Å²) in [7, 11) is 0. The Bertz CT molecular complexity index is 650. The van der Waals surface area contributed by atoms with Crippen LogP contribution in [0, 0.1) is 11.3 Å². The van der Waals surface area contributed by atoms with Gasteiger partial charge in [0.15, 0.2) is 0 Å². The molecule has 19 heavy (non-hydrogen) atoms. The van der Waals surface area contributed by atoms with Gasteiger partial charge in [-0.1, -0.05) is 11.6 Å². The number of hydrogen-bond donors (Lipinski definition) is 3. The molecule has 0 saturated carbocycles. The first-order valence-corrected chi connectivity index (χ1v) is 5.92. The van der Waals surface area contributed by atoms with Crippen molar-refractivity contribution < 1.29 is 10.2 Å². The van der Waals surface area contributed by atoms with Crippen LogP contribution >= 0.6 is 11.6 Å². The second-order valence-electron chi connectivity index (χ2n) is 3.97. The van der Waals surface area contributed by atoms with Gasteiger partial charge in [0.1, 0.15) is 17.6 Å². The normalized spacial score (nSPS) is 9.89. The summed E-state index contributed by atoms with van der Waals surface area (Å²) >= 11 is 5.88. The Balaban J connectivity index is 2.19. The highest BCUT2D eigenvalue weighted by Gasteiger charge is 2.05. The number of rotatable bonds is 3. The van der Waals surface area contributed by atoms with Crippen molar-refractivity contribution in [3.8, 4) is 17.6 Å². The van der Waals surface area contributed by atoms with Crippen molar-refractivity contribution in [1.82, 2.24) is 0 Å². The molecule has 0 spiro atoms. The molecule has 0 fully saturated rings. The minimum atomic E-state index is -0.00645. The molecule has 0 aliphatic rings. The monoisotopic (exact) mass is 274 g/mol. The van der Waals surface area contributed by atoms with Gasteiger partial charge in [0.05, 0.1) is 11.3 Å². The summed E-state index contributed by atoms with van der Waals surface area (Å²) in [5.41, 5.74) is 1.69. The maximum absolute atomic E-state index is 9.66. The van der Waals surface area contributed by atoms with Crippen LogP contribution in [-0.2, 0) is 6.54 Å². The fourth-order valence-electron chi connectivity index (χ4n) is 1.65. The minimum absolute atomic E-state index is 0.00159. The van der Waals surface area contributed by atoms with Crippen molar-refractivity contribution in [3.63, 3.8) is 0 Å². The van der Waals surface area contributed by atoms with Crippen LogP contribution in [0.5, 0.6) is 11.5 Å². The van der Waals surface area contributed by atoms with Gasteiger partial charge in [-0.05, 0) is 30.3 Å². The van der Waals surface area contributed by atoms with Gasteiger partial charge in [0.25, 0.3) is 0 Å². The van der Waals surface area contributed by atoms with E-state index < -0.39 is 0 Å². The Kier molecular flexibility index (Phi) is 3.79. The second kappa shape index (κ2) is 5.51. The van der Waals surface area contributed by atoms with Crippen LogP contribution in [0.25, 0.3) is 0 Å². The molecule has 0 amide bonds. The molecule has 96 valence electrons. The van der Waals surface area contributed by atoms with E-state index >= 15 is 0 Å². The molecule has 3 N–H and O–H groups in total. The molecular formula is C14H11ClN2O2. The van der Waals surface area contributed by atoms with Gasteiger partial charge in [-0.25, -0.2) is 0 Å². The lowest BCUT2D eigenvalue weighted by Gasteiger charge is -2.10. The number of phenolic OH excluding ortho intramolecular Hbond substituents is 2. The number of nitriles is 1. The van der Waals surface area contributed by atoms with Crippen molar-refractivity contribution in [3.05, 3.63) is 52.5 Å². The number of nitrogens with zero attached hydrogens (tertiary/aromatic N) is 1. The fourth-order valence-corrected chi connectivity index (χ4v) is 1.82. The molecule has 4 nitrogen and oxygen atoms in total. The molecule has 2 aromatic rings. The first kappa shape index (κ1) is 13.1. The van der Waals surface area contributed by atoms with E-state index in [1.165, 1.54) is 12.1 Å². The van der Waals surface area contributed by atoms with Crippen molar-refractivity contribution in [2.45, 2.75) is 6.54 Å². The summed E-state index contributed by atoms with van der Waals surface area (Å²) in [6.45, 7) is 0.321. The van der Waals surface area contributed by atoms with Crippen LogP contribution in [0.1, 0.15) is 11.1 Å². The van der Waals surface area contributed by atoms with E-state index in [0.717, 1.165) is 0 Å². The van der Waals surface area contributed by atoms with E-state index in [-0.39, 0.29) is 11.5 Å². The summed E-state index contributed by atoms with van der Waals surface area (Å²) in [5, 5.41) is 31.4. The molecule has 0 unspecified atom stereocenters. The zero-order valence-electron chi connectivity index (χ0n) is 9.89. The molecule has 0 saturated heterocycles. The molecular weight excluding hydrogens is 264 g/mol. The lowest BCUT2D eigenvalue weighted by Crippen LogP contribution is -2.01. The van der Waals surface area contributed by atoms with Gasteiger partial charge in [0.2, 0.25) is 0 Å². The lowest BCUT2D eigenvalue weighted by molar-refractivity contribution is 0.446. The SMILES string of the molecule is N#Cc1ccc(Cl)cc1NCc1ccc(O)cc1O. The third-order valence-electron chi connectivity index (χ3n) is 2.64. The number of nitrogens with one attached hydrogen (secondary N) is 1. The average Bonchev–Trinajstić information content (AvgIpc) is 2.38. The van der Waals surface area contributed by atoms with Gasteiger partial charge >= 0.3 is 0 Å². The smallest absolute Gasteiger partial charge is 0.124 e. The van der Waals surface area contributed by atoms with Crippen molar-refractivity contribution in [2.75, 3.05) is 5.32 Å². The Morgan fingerprint density at radius 1 is 1.16 bits per heavy atom. The largest absolute Gasteiger partial charge is 0.508 e. The highest BCUT2D eigenvalue weighted by atomic mass is 35.5. The number of hydrogen-bond acceptors (Lipinski definition) is 4. The van der Waals surface area contributed by atoms with Gasteiger partial charge in [-0.15, -0.1) is 0 Å². The average molecular weight is 275 g/mol. The van der Waals surface area contributed by atoms with E-state index in [9.17, 15) is 10.2 Å². The Labute approximate surface area is 115 Å². The zero-order valence-corrected chi connectivity index (χ0v) is 10.6. The quantitative estimate of drug-likeness (QED) is 0.803. The molecule has 2 rings (SSSR count). The summed E-state index contributed by atoms with van der Waals surface area (Å²) in [6, 6.07) is 11.3. The Morgan fingerprint density at radius 2 is 1.95 bits per heavy atom. The summed E-state index contributed by atoms with van der Waals surface area (Å²) in [6.07, 6.45) is 0. The van der Waals surface area contributed by atoms with Crippen LogP contribution in [0.4, 0.5) is 5.69 Å². The topological polar surface area (TPSA) is 76.3 Å². The van der Waals surface area contributed by atoms with E-state index in [4.69, 9.17) is 16.9 Å². The molecule has 0 radical (unpaired) electrons. The van der Waals surface area contributed by atoms with Gasteiger partial charge < -0.3 is 15.5 Å². The standard InChI is InChI=1S/C14H11ClN2O2/c15-11-3-1-9(7-16)13(5-11)17-8-10-2-4-12(18)6-14(10)19/h1-6,17-19H,8H2. The Hall–Kier alpha value is -2.38. The maximum atomic E-state index is 9.66. The predicted octanol–water partition coefficient (Wildman–Crippen LogP) is 3.23. The number of aromatic hydroxyl groups is 2. The van der Waals surface area contributed by atoms with E-state index in [1.807, 2.05) is 0 Å². The van der Waals surface area contributed by atoms with Crippen molar-refractivity contribution >= 4 is 17.3 Å². The summed E-state index contributed by atoms with van der Waals surface area (Å²) in [4.78, 5) is 0. The van der Waals surface area contributed by atoms with E-state index in [1.54, 1.807) is 24.3 Å². The van der Waals surface area contributed by atoms with Crippen molar-refractivity contribution in [2.24, 2.45) is 0 Å². The highest BCUT2D eigenvalue weighted by molar-refractivity contribution is 6.30. The predicted molar refractivity (Wildman–Crippen MR) is 73.3 cm³/mol. The first-order valence-electron chi connectivity index (χ1n) is 5.54. The van der Waals surface area contributed by atoms with Crippen molar-refractivity contribution in [1.29, 1.82) is 5.26 Å². The summed E-state index contributed by atoms with van der Waals surface area (Å²) in [5.74, 6) is -0.00486. The molecule has 0 aliphatic carbocycles. The third kappa shape index (κ3) is 3.09. The fraction of sp³-hybridized carbons (Fsp3) is 0.0714. The molecule has 0 aromatic heterocycles. The van der Waals surface area contributed by atoms with Crippen LogP contribution in [0.3, 0.4) is 0 Å². The Morgan fingerprint density at radius 3 is 2.63 bits per heavy atom. The van der Waals surface area contributed by atoms with Gasteiger partial charge in [-0.2, -0.15) is 5.26 Å². The van der Waals surface area contributed by atoms with Crippen LogP contribution in [-0.4, -0.2) is 10.2 Å². The maximum Gasteiger partial charge on any atom is 0.124 e. The van der Waals surface area contributed by atoms with E-state index in [2.05, 4.69) is 11.4 Å². The van der Waals surface area contributed by atoms with Gasteiger partial charge in [-0.3, -0.25) is 0 Å². The first-order chi connectivity index (χ1) is 9.10. The number of phenols is 2. The highest BCUT2D eigenvalue weighted by Crippen LogP contribution is 2.25. The molecule has 0 heterocycles. The zero-order chi connectivity index (χ0) is 13.8. The third-order valence-corrected chi connectivity index (χ3v) is 2.88. The molecule has 5 heteroatoms. The molecule has 0 bridgehead atoms. The molecule has 0 aliphatic heterocycles. The van der Waals surface area contributed by atoms with Crippen LogP contribution in [0.15, 0.2) is 36.4 Å². The summed E-state index contributed by atoms with van der Waals surface area (Å²) < 4.78 is 0. The second-order valence-corrected chi connectivity index (χ2v) is 4.40. The van der Waals surface area contributed by atoms with Gasteiger partial charge in [0, 0.05) is 23.2 Å². The number of benzene rings is 2. The van der Waals surface area contributed by atoms with Crippen LogP contribution < -0.4 is 5.32 Å².